The molecular formula is C14H26N2O2. The number of carbonyl (C=O) groups is 1. The van der Waals surface area contributed by atoms with Crippen LogP contribution in [0.1, 0.15) is 45.4 Å². The zero-order valence-corrected chi connectivity index (χ0v) is 11.6. The Balaban J connectivity index is 1.98. The van der Waals surface area contributed by atoms with E-state index in [9.17, 15) is 4.79 Å². The monoisotopic (exact) mass is 254 g/mol. The molecule has 1 saturated heterocycles. The molecule has 2 atom stereocenters. The number of nitrogens with zero attached hydrogens (tertiary/aromatic N) is 2. The molecule has 0 aromatic heterocycles. The fraction of sp³-hybridized carbons (Fsp3) is 0.929. The summed E-state index contributed by atoms with van der Waals surface area (Å²) in [6, 6.07) is 1.73. The van der Waals surface area contributed by atoms with Gasteiger partial charge in [0, 0.05) is 37.6 Å². The number of aliphatic carboxylic acids is 1. The smallest absolute Gasteiger partial charge is 0.303 e. The van der Waals surface area contributed by atoms with Crippen molar-refractivity contribution in [3.63, 3.8) is 0 Å². The molecule has 0 bridgehead atoms. The van der Waals surface area contributed by atoms with Gasteiger partial charge in [-0.25, -0.2) is 0 Å². The Labute approximate surface area is 110 Å². The van der Waals surface area contributed by atoms with Crippen LogP contribution in [0.3, 0.4) is 0 Å². The zero-order chi connectivity index (χ0) is 13.1. The quantitative estimate of drug-likeness (QED) is 0.831. The van der Waals surface area contributed by atoms with Crippen LogP contribution in [-0.4, -0.2) is 59.1 Å². The highest BCUT2D eigenvalue weighted by atomic mass is 16.4. The molecule has 1 saturated carbocycles. The van der Waals surface area contributed by atoms with E-state index in [1.165, 1.54) is 25.7 Å². The van der Waals surface area contributed by atoms with Crippen LogP contribution in [0.2, 0.25) is 0 Å². The van der Waals surface area contributed by atoms with Crippen molar-refractivity contribution in [2.24, 2.45) is 0 Å². The molecule has 104 valence electrons. The van der Waals surface area contributed by atoms with E-state index >= 15 is 0 Å². The number of piperazine rings is 1. The molecule has 2 rings (SSSR count). The minimum absolute atomic E-state index is 0.302. The fourth-order valence-corrected chi connectivity index (χ4v) is 3.44. The molecule has 1 aliphatic heterocycles. The summed E-state index contributed by atoms with van der Waals surface area (Å²) in [5.41, 5.74) is 0. The molecule has 0 radical (unpaired) electrons. The molecule has 0 aromatic rings. The van der Waals surface area contributed by atoms with E-state index in [4.69, 9.17) is 5.11 Å². The van der Waals surface area contributed by atoms with Crippen LogP contribution in [0, 0.1) is 0 Å². The van der Waals surface area contributed by atoms with Crippen molar-refractivity contribution in [2.45, 2.75) is 63.6 Å². The van der Waals surface area contributed by atoms with Gasteiger partial charge in [0.15, 0.2) is 0 Å². The predicted octanol–water partition coefficient (Wildman–Crippen LogP) is 1.80. The second-order valence-corrected chi connectivity index (χ2v) is 6.01. The third kappa shape index (κ3) is 3.23. The van der Waals surface area contributed by atoms with Crippen molar-refractivity contribution in [1.82, 2.24) is 9.80 Å². The van der Waals surface area contributed by atoms with Crippen molar-refractivity contribution < 1.29 is 9.90 Å². The minimum Gasteiger partial charge on any atom is -0.481 e. The van der Waals surface area contributed by atoms with Gasteiger partial charge in [-0.2, -0.15) is 0 Å². The normalized spacial score (nSPS) is 31.9. The summed E-state index contributed by atoms with van der Waals surface area (Å²) >= 11 is 0. The summed E-state index contributed by atoms with van der Waals surface area (Å²) in [4.78, 5) is 15.8. The number of carboxylic acid groups (broad SMARTS) is 1. The van der Waals surface area contributed by atoms with Crippen molar-refractivity contribution in [3.05, 3.63) is 0 Å². The van der Waals surface area contributed by atoms with Crippen molar-refractivity contribution in [3.8, 4) is 0 Å². The van der Waals surface area contributed by atoms with Crippen LogP contribution in [0.15, 0.2) is 0 Å². The molecule has 2 aliphatic rings. The average Bonchev–Trinajstić information content (AvgIpc) is 2.83. The van der Waals surface area contributed by atoms with Crippen LogP contribution in [0.5, 0.6) is 0 Å². The number of likely N-dealkylation sites (N-methyl/N-ethyl adjacent to an activating group) is 1. The number of rotatable bonds is 4. The second-order valence-electron chi connectivity index (χ2n) is 6.01. The van der Waals surface area contributed by atoms with Gasteiger partial charge in [0.2, 0.25) is 0 Å². The van der Waals surface area contributed by atoms with Crippen LogP contribution in [0.25, 0.3) is 0 Å². The van der Waals surface area contributed by atoms with E-state index in [2.05, 4.69) is 23.8 Å². The topological polar surface area (TPSA) is 43.8 Å². The molecule has 0 spiro atoms. The molecule has 4 nitrogen and oxygen atoms in total. The van der Waals surface area contributed by atoms with Gasteiger partial charge in [-0.05, 0) is 33.2 Å². The first-order chi connectivity index (χ1) is 8.58. The highest BCUT2D eigenvalue weighted by Gasteiger charge is 2.35. The van der Waals surface area contributed by atoms with E-state index in [1.807, 2.05) is 0 Å². The van der Waals surface area contributed by atoms with Gasteiger partial charge >= 0.3 is 5.97 Å². The van der Waals surface area contributed by atoms with Crippen LogP contribution >= 0.6 is 0 Å². The standard InChI is InChI=1S/C14H26N2O2/c1-11-9-16(12-5-3-4-6-12)13(10-15(11)2)7-8-14(17)18/h11-13H,3-10H2,1-2H3,(H,17,18). The number of hydrogen-bond donors (Lipinski definition) is 1. The van der Waals surface area contributed by atoms with Crippen molar-refractivity contribution in [2.75, 3.05) is 20.1 Å². The van der Waals surface area contributed by atoms with E-state index in [0.717, 1.165) is 19.5 Å². The Morgan fingerprint density at radius 1 is 1.28 bits per heavy atom. The Bertz CT molecular complexity index is 290. The number of carboxylic acids is 1. The van der Waals surface area contributed by atoms with Crippen LogP contribution in [0.4, 0.5) is 0 Å². The Hall–Kier alpha value is -0.610. The lowest BCUT2D eigenvalue weighted by Crippen LogP contribution is -2.58. The molecule has 1 heterocycles. The largest absolute Gasteiger partial charge is 0.481 e. The van der Waals surface area contributed by atoms with Gasteiger partial charge in [0.25, 0.3) is 0 Å². The summed E-state index contributed by atoms with van der Waals surface area (Å²) in [6.07, 6.45) is 6.40. The van der Waals surface area contributed by atoms with Gasteiger partial charge in [-0.15, -0.1) is 0 Å². The molecule has 1 N–H and O–H groups in total. The summed E-state index contributed by atoms with van der Waals surface area (Å²) in [6.45, 7) is 4.39. The molecule has 2 unspecified atom stereocenters. The maximum Gasteiger partial charge on any atom is 0.303 e. The average molecular weight is 254 g/mol. The molecule has 0 aromatic carbocycles. The molecule has 18 heavy (non-hydrogen) atoms. The lowest BCUT2D eigenvalue weighted by Gasteiger charge is -2.46. The fourth-order valence-electron chi connectivity index (χ4n) is 3.44. The van der Waals surface area contributed by atoms with Gasteiger partial charge in [0.1, 0.15) is 0 Å². The summed E-state index contributed by atoms with van der Waals surface area (Å²) in [5, 5.41) is 8.88. The van der Waals surface area contributed by atoms with E-state index in [1.54, 1.807) is 0 Å². The Morgan fingerprint density at radius 3 is 2.56 bits per heavy atom. The maximum atomic E-state index is 10.8. The Kier molecular flexibility index (Phi) is 4.62. The maximum absolute atomic E-state index is 10.8. The molecule has 4 heteroatoms. The van der Waals surface area contributed by atoms with E-state index < -0.39 is 5.97 Å². The molecule has 2 fully saturated rings. The zero-order valence-electron chi connectivity index (χ0n) is 11.6. The first kappa shape index (κ1) is 13.8. The van der Waals surface area contributed by atoms with Gasteiger partial charge in [-0.3, -0.25) is 9.69 Å². The summed E-state index contributed by atoms with van der Waals surface area (Å²) < 4.78 is 0. The Morgan fingerprint density at radius 2 is 1.94 bits per heavy atom. The van der Waals surface area contributed by atoms with Gasteiger partial charge < -0.3 is 10.0 Å². The van der Waals surface area contributed by atoms with E-state index in [0.29, 0.717) is 24.5 Å². The molecule has 1 aliphatic carbocycles. The summed E-state index contributed by atoms with van der Waals surface area (Å²) in [7, 11) is 2.16. The molecular weight excluding hydrogens is 228 g/mol. The van der Waals surface area contributed by atoms with Crippen molar-refractivity contribution >= 4 is 5.97 Å². The minimum atomic E-state index is -0.664. The first-order valence-electron chi connectivity index (χ1n) is 7.25. The highest BCUT2D eigenvalue weighted by Crippen LogP contribution is 2.29. The number of hydrogen-bond acceptors (Lipinski definition) is 3. The first-order valence-corrected chi connectivity index (χ1v) is 7.25. The van der Waals surface area contributed by atoms with Crippen LogP contribution < -0.4 is 0 Å². The lowest BCUT2D eigenvalue weighted by molar-refractivity contribution is -0.137. The summed E-state index contributed by atoms with van der Waals surface area (Å²) in [5.74, 6) is -0.664. The van der Waals surface area contributed by atoms with Gasteiger partial charge in [-0.1, -0.05) is 12.8 Å². The van der Waals surface area contributed by atoms with E-state index in [-0.39, 0.29) is 0 Å². The third-order valence-electron chi connectivity index (χ3n) is 4.68. The van der Waals surface area contributed by atoms with Crippen LogP contribution in [-0.2, 0) is 4.79 Å². The lowest BCUT2D eigenvalue weighted by atomic mass is 10.00. The van der Waals surface area contributed by atoms with Gasteiger partial charge in [0.05, 0.1) is 0 Å². The molecule has 0 amide bonds. The van der Waals surface area contributed by atoms with Crippen molar-refractivity contribution in [1.29, 1.82) is 0 Å². The SMILES string of the molecule is CC1CN(C2CCCC2)C(CCC(=O)O)CN1C. The third-order valence-corrected chi connectivity index (χ3v) is 4.68. The predicted molar refractivity (Wildman–Crippen MR) is 71.7 cm³/mol. The highest BCUT2D eigenvalue weighted by molar-refractivity contribution is 5.66. The second kappa shape index (κ2) is 6.02.